The lowest BCUT2D eigenvalue weighted by Gasteiger charge is -2.24. The highest BCUT2D eigenvalue weighted by atomic mass is 19.1. The molecule has 0 aliphatic rings. The predicted octanol–water partition coefficient (Wildman–Crippen LogP) is 2.03. The SMILES string of the molecule is COC(=O)CCN(CC(C)C)C(=O)c1ccc(=O)n(-c2ccc(F)cc2)n1. The Labute approximate surface area is 156 Å². The van der Waals surface area contributed by atoms with E-state index in [1.54, 1.807) is 0 Å². The molecule has 2 aromatic rings. The molecule has 1 amide bonds. The summed E-state index contributed by atoms with van der Waals surface area (Å²) in [5.41, 5.74) is -0.0337. The molecular formula is C19H22FN3O4. The fourth-order valence-electron chi connectivity index (χ4n) is 2.50. The molecule has 1 heterocycles. The van der Waals surface area contributed by atoms with Gasteiger partial charge in [-0.25, -0.2) is 4.39 Å². The van der Waals surface area contributed by atoms with Crippen LogP contribution in [-0.4, -0.2) is 46.8 Å². The van der Waals surface area contributed by atoms with Gasteiger partial charge in [0.25, 0.3) is 11.5 Å². The quantitative estimate of drug-likeness (QED) is 0.692. The van der Waals surface area contributed by atoms with E-state index in [0.717, 1.165) is 4.68 Å². The van der Waals surface area contributed by atoms with E-state index in [1.165, 1.54) is 48.4 Å². The molecule has 144 valence electrons. The van der Waals surface area contributed by atoms with Crippen LogP contribution < -0.4 is 5.56 Å². The monoisotopic (exact) mass is 375 g/mol. The molecule has 0 N–H and O–H groups in total. The third-order valence-electron chi connectivity index (χ3n) is 3.78. The summed E-state index contributed by atoms with van der Waals surface area (Å²) in [5.74, 6) is -1.08. The third kappa shape index (κ3) is 5.47. The van der Waals surface area contributed by atoms with Gasteiger partial charge < -0.3 is 9.64 Å². The van der Waals surface area contributed by atoms with Gasteiger partial charge in [0.2, 0.25) is 0 Å². The Bertz CT molecular complexity index is 862. The zero-order chi connectivity index (χ0) is 20.0. The number of carbonyl (C=O) groups is 2. The summed E-state index contributed by atoms with van der Waals surface area (Å²) >= 11 is 0. The molecule has 0 saturated heterocycles. The van der Waals surface area contributed by atoms with Crippen molar-refractivity contribution in [3.8, 4) is 5.69 Å². The number of methoxy groups -OCH3 is 1. The maximum absolute atomic E-state index is 13.1. The topological polar surface area (TPSA) is 81.5 Å². The molecule has 0 bridgehead atoms. The molecule has 0 unspecified atom stereocenters. The van der Waals surface area contributed by atoms with E-state index >= 15 is 0 Å². The fraction of sp³-hybridized carbons (Fsp3) is 0.368. The maximum Gasteiger partial charge on any atom is 0.307 e. The van der Waals surface area contributed by atoms with E-state index in [-0.39, 0.29) is 24.6 Å². The number of hydrogen-bond donors (Lipinski definition) is 0. The van der Waals surface area contributed by atoms with Crippen LogP contribution in [0.2, 0.25) is 0 Å². The van der Waals surface area contributed by atoms with Gasteiger partial charge in [0.1, 0.15) is 11.5 Å². The minimum absolute atomic E-state index is 0.0597. The first-order valence-corrected chi connectivity index (χ1v) is 8.54. The van der Waals surface area contributed by atoms with Crippen molar-refractivity contribution in [3.63, 3.8) is 0 Å². The number of rotatable bonds is 7. The number of carbonyl (C=O) groups excluding carboxylic acids is 2. The summed E-state index contributed by atoms with van der Waals surface area (Å²) in [4.78, 5) is 37.9. The van der Waals surface area contributed by atoms with Gasteiger partial charge in [-0.1, -0.05) is 13.8 Å². The highest BCUT2D eigenvalue weighted by Gasteiger charge is 2.20. The van der Waals surface area contributed by atoms with Gasteiger partial charge in [-0.15, -0.1) is 0 Å². The average Bonchev–Trinajstić information content (AvgIpc) is 2.65. The first kappa shape index (κ1) is 20.3. The second-order valence-corrected chi connectivity index (χ2v) is 6.42. The number of nitrogens with zero attached hydrogens (tertiary/aromatic N) is 3. The second-order valence-electron chi connectivity index (χ2n) is 6.42. The first-order chi connectivity index (χ1) is 12.8. The molecule has 1 aromatic carbocycles. The number of hydrogen-bond acceptors (Lipinski definition) is 5. The van der Waals surface area contributed by atoms with Crippen molar-refractivity contribution in [3.05, 3.63) is 58.3 Å². The van der Waals surface area contributed by atoms with Gasteiger partial charge in [-0.05, 0) is 36.2 Å². The van der Waals surface area contributed by atoms with E-state index in [9.17, 15) is 18.8 Å². The number of aromatic nitrogens is 2. The molecule has 0 radical (unpaired) electrons. The van der Waals surface area contributed by atoms with Gasteiger partial charge >= 0.3 is 5.97 Å². The zero-order valence-electron chi connectivity index (χ0n) is 15.5. The van der Waals surface area contributed by atoms with Crippen LogP contribution in [0.4, 0.5) is 4.39 Å². The standard InChI is InChI=1S/C19H22FN3O4/c1-13(2)12-22(11-10-18(25)27-3)19(26)16-8-9-17(24)23(21-16)15-6-4-14(20)5-7-15/h4-9,13H,10-12H2,1-3H3. The normalized spacial score (nSPS) is 10.7. The Kier molecular flexibility index (Phi) is 6.81. The molecule has 0 aliphatic carbocycles. The largest absolute Gasteiger partial charge is 0.469 e. The number of esters is 1. The molecular weight excluding hydrogens is 353 g/mol. The predicted molar refractivity (Wildman–Crippen MR) is 97.2 cm³/mol. The molecule has 0 fully saturated rings. The van der Waals surface area contributed by atoms with Crippen LogP contribution >= 0.6 is 0 Å². The van der Waals surface area contributed by atoms with Gasteiger partial charge in [0, 0.05) is 19.2 Å². The number of amides is 1. The van der Waals surface area contributed by atoms with Gasteiger partial charge in [0.05, 0.1) is 19.2 Å². The van der Waals surface area contributed by atoms with Crippen molar-refractivity contribution in [1.29, 1.82) is 0 Å². The van der Waals surface area contributed by atoms with Gasteiger partial charge in [-0.3, -0.25) is 14.4 Å². The van der Waals surface area contributed by atoms with Crippen LogP contribution in [0.15, 0.2) is 41.2 Å². The van der Waals surface area contributed by atoms with Crippen LogP contribution in [-0.2, 0) is 9.53 Å². The van der Waals surface area contributed by atoms with Crippen molar-refractivity contribution in [2.45, 2.75) is 20.3 Å². The van der Waals surface area contributed by atoms with Crippen molar-refractivity contribution in [2.75, 3.05) is 20.2 Å². The number of ether oxygens (including phenoxy) is 1. The van der Waals surface area contributed by atoms with E-state index in [4.69, 9.17) is 0 Å². The van der Waals surface area contributed by atoms with Crippen molar-refractivity contribution in [1.82, 2.24) is 14.7 Å². The maximum atomic E-state index is 13.1. The summed E-state index contributed by atoms with van der Waals surface area (Å²) in [7, 11) is 1.29. The molecule has 0 atom stereocenters. The lowest BCUT2D eigenvalue weighted by molar-refractivity contribution is -0.140. The second kappa shape index (κ2) is 9.07. The number of benzene rings is 1. The van der Waals surface area contributed by atoms with Crippen LogP contribution in [0, 0.1) is 11.7 Å². The van der Waals surface area contributed by atoms with Crippen LogP contribution in [0.3, 0.4) is 0 Å². The van der Waals surface area contributed by atoms with Crippen molar-refractivity contribution < 1.29 is 18.7 Å². The van der Waals surface area contributed by atoms with Crippen molar-refractivity contribution in [2.24, 2.45) is 5.92 Å². The van der Waals surface area contributed by atoms with Gasteiger partial charge in [0.15, 0.2) is 0 Å². The highest BCUT2D eigenvalue weighted by molar-refractivity contribution is 5.92. The molecule has 0 saturated carbocycles. The van der Waals surface area contributed by atoms with Crippen molar-refractivity contribution >= 4 is 11.9 Å². The molecule has 0 spiro atoms. The highest BCUT2D eigenvalue weighted by Crippen LogP contribution is 2.09. The van der Waals surface area contributed by atoms with E-state index in [0.29, 0.717) is 12.2 Å². The van der Waals surface area contributed by atoms with Crippen LogP contribution in [0.5, 0.6) is 0 Å². The zero-order valence-corrected chi connectivity index (χ0v) is 15.5. The Morgan fingerprint density at radius 2 is 1.85 bits per heavy atom. The molecule has 7 nitrogen and oxygen atoms in total. The average molecular weight is 375 g/mol. The lowest BCUT2D eigenvalue weighted by Crippen LogP contribution is -2.37. The first-order valence-electron chi connectivity index (χ1n) is 8.54. The summed E-state index contributed by atoms with van der Waals surface area (Å²) in [6.07, 6.45) is 0.0621. The Morgan fingerprint density at radius 3 is 2.44 bits per heavy atom. The Morgan fingerprint density at radius 1 is 1.19 bits per heavy atom. The fourth-order valence-corrected chi connectivity index (χ4v) is 2.50. The van der Waals surface area contributed by atoms with Crippen LogP contribution in [0.25, 0.3) is 5.69 Å². The third-order valence-corrected chi connectivity index (χ3v) is 3.78. The van der Waals surface area contributed by atoms with E-state index in [2.05, 4.69) is 9.84 Å². The summed E-state index contributed by atoms with van der Waals surface area (Å²) in [5, 5.41) is 4.12. The Balaban J connectivity index is 2.31. The molecule has 2 rings (SSSR count). The number of halogens is 1. The molecule has 1 aromatic heterocycles. The van der Waals surface area contributed by atoms with Crippen LogP contribution in [0.1, 0.15) is 30.8 Å². The summed E-state index contributed by atoms with van der Waals surface area (Å²) in [6, 6.07) is 7.80. The minimum atomic E-state index is -0.442. The molecule has 27 heavy (non-hydrogen) atoms. The lowest BCUT2D eigenvalue weighted by atomic mass is 10.2. The van der Waals surface area contributed by atoms with E-state index in [1.807, 2.05) is 13.8 Å². The summed E-state index contributed by atoms with van der Waals surface area (Å²) in [6.45, 7) is 4.50. The molecule has 0 aliphatic heterocycles. The summed E-state index contributed by atoms with van der Waals surface area (Å²) < 4.78 is 18.8. The van der Waals surface area contributed by atoms with E-state index < -0.39 is 23.3 Å². The van der Waals surface area contributed by atoms with Gasteiger partial charge in [-0.2, -0.15) is 9.78 Å². The minimum Gasteiger partial charge on any atom is -0.469 e. The Hall–Kier alpha value is -3.03. The smallest absolute Gasteiger partial charge is 0.307 e. The molecule has 8 heteroatoms.